The lowest BCUT2D eigenvalue weighted by Crippen LogP contribution is -1.72. The van der Waals surface area contributed by atoms with Crippen molar-refractivity contribution in [1.82, 2.24) is 4.98 Å². The molecule has 0 aliphatic rings. The fourth-order valence-electron chi connectivity index (χ4n) is 1.48. The van der Waals surface area contributed by atoms with Crippen LogP contribution in [-0.4, -0.2) is 4.98 Å². The van der Waals surface area contributed by atoms with Crippen LogP contribution in [0.3, 0.4) is 0 Å². The number of fused-ring (bicyclic) bond motifs is 1. The number of aromatic nitrogens is 1. The molecule has 0 saturated heterocycles. The van der Waals surface area contributed by atoms with Gasteiger partial charge >= 0.3 is 0 Å². The second kappa shape index (κ2) is 3.19. The van der Waals surface area contributed by atoms with E-state index in [4.69, 9.17) is 0 Å². The maximum absolute atomic E-state index is 4.21. The maximum Gasteiger partial charge on any atom is 0.152 e. The summed E-state index contributed by atoms with van der Waals surface area (Å²) in [7, 11) is 0. The number of hydrogen-bond acceptors (Lipinski definition) is 3. The predicted molar refractivity (Wildman–Crippen MR) is 61.8 cm³/mol. The highest BCUT2D eigenvalue weighted by atomic mass is 32.1. The normalized spacial score (nSPS) is 10.9. The van der Waals surface area contributed by atoms with Gasteiger partial charge in [0.05, 0.1) is 5.69 Å². The van der Waals surface area contributed by atoms with Crippen molar-refractivity contribution in [1.29, 1.82) is 0 Å². The monoisotopic (exact) mass is 216 g/mol. The fourth-order valence-corrected chi connectivity index (χ4v) is 2.93. The zero-order valence-electron chi connectivity index (χ0n) is 7.23. The number of benzene rings is 1. The summed E-state index contributed by atoms with van der Waals surface area (Å²) in [5.74, 6) is 0. The number of rotatable bonds is 1. The molecule has 67 valence electrons. The molecule has 0 aliphatic carbocycles. The van der Waals surface area contributed by atoms with Crippen molar-refractivity contribution >= 4 is 32.8 Å². The van der Waals surface area contributed by atoms with Crippen molar-refractivity contribution in [2.75, 3.05) is 0 Å². The minimum absolute atomic E-state index is 1.03. The molecule has 0 spiro atoms. The van der Waals surface area contributed by atoms with Crippen molar-refractivity contribution in [3.63, 3.8) is 0 Å². The quantitative estimate of drug-likeness (QED) is 0.602. The van der Waals surface area contributed by atoms with Gasteiger partial charge in [0.1, 0.15) is 0 Å². The van der Waals surface area contributed by atoms with Gasteiger partial charge in [-0.3, -0.25) is 0 Å². The van der Waals surface area contributed by atoms with E-state index in [9.17, 15) is 0 Å². The number of nitrogens with zero attached hydrogens (tertiary/aromatic N) is 1. The molecule has 1 nitrogen and oxygen atoms in total. The fraction of sp³-hybridized carbons (Fsp3) is 0. The molecular weight excluding hydrogens is 210 g/mol. The highest BCUT2D eigenvalue weighted by Gasteiger charge is 2.06. The molecular formula is C11H6NS2. The average Bonchev–Trinajstić information content (AvgIpc) is 2.85. The third-order valence-corrected chi connectivity index (χ3v) is 3.65. The van der Waals surface area contributed by atoms with Crippen LogP contribution in [0.25, 0.3) is 21.3 Å². The van der Waals surface area contributed by atoms with Crippen LogP contribution in [-0.2, 0) is 0 Å². The van der Waals surface area contributed by atoms with Gasteiger partial charge in [-0.15, -0.1) is 22.7 Å². The first-order valence-electron chi connectivity index (χ1n) is 4.23. The van der Waals surface area contributed by atoms with Gasteiger partial charge in [0.2, 0.25) is 0 Å². The van der Waals surface area contributed by atoms with Crippen molar-refractivity contribution < 1.29 is 0 Å². The lowest BCUT2D eigenvalue weighted by Gasteiger charge is -1.92. The molecule has 0 atom stereocenters. The molecule has 0 N–H and O–H groups in total. The Bertz CT molecular complexity index is 551. The van der Waals surface area contributed by atoms with Gasteiger partial charge in [-0.25, -0.2) is 4.98 Å². The molecule has 0 saturated carbocycles. The van der Waals surface area contributed by atoms with Crippen LogP contribution in [0.15, 0.2) is 35.0 Å². The van der Waals surface area contributed by atoms with E-state index in [2.05, 4.69) is 40.1 Å². The second-order valence-electron chi connectivity index (χ2n) is 2.97. The molecule has 2 aromatic heterocycles. The van der Waals surface area contributed by atoms with E-state index in [1.165, 1.54) is 27.0 Å². The van der Waals surface area contributed by atoms with Crippen molar-refractivity contribution in [2.45, 2.75) is 0 Å². The van der Waals surface area contributed by atoms with Gasteiger partial charge in [0.15, 0.2) is 5.51 Å². The van der Waals surface area contributed by atoms with Crippen LogP contribution in [0, 0.1) is 5.51 Å². The highest BCUT2D eigenvalue weighted by Crippen LogP contribution is 2.33. The Morgan fingerprint density at radius 1 is 1.14 bits per heavy atom. The van der Waals surface area contributed by atoms with Gasteiger partial charge in [0.25, 0.3) is 0 Å². The molecule has 14 heavy (non-hydrogen) atoms. The highest BCUT2D eigenvalue weighted by molar-refractivity contribution is 7.17. The van der Waals surface area contributed by atoms with Gasteiger partial charge in [0, 0.05) is 26.4 Å². The summed E-state index contributed by atoms with van der Waals surface area (Å²) in [6.45, 7) is 0. The van der Waals surface area contributed by atoms with E-state index in [1.807, 2.05) is 5.38 Å². The first-order chi connectivity index (χ1) is 6.95. The summed E-state index contributed by atoms with van der Waals surface area (Å²) >= 11 is 3.28. The minimum Gasteiger partial charge on any atom is -0.233 e. The molecule has 0 bridgehead atoms. The summed E-state index contributed by atoms with van der Waals surface area (Å²) in [5, 5.41) is 5.49. The Hall–Kier alpha value is -1.19. The van der Waals surface area contributed by atoms with E-state index in [-0.39, 0.29) is 0 Å². The lowest BCUT2D eigenvalue weighted by molar-refractivity contribution is 1.41. The van der Waals surface area contributed by atoms with Crippen LogP contribution in [0.4, 0.5) is 0 Å². The average molecular weight is 216 g/mol. The standard InChI is InChI=1S/C11H6NS2/c1-2-4-11-8(3-1)9(5-14-11)10-6-13-7-12-10/h1-6H. The largest absolute Gasteiger partial charge is 0.233 e. The minimum atomic E-state index is 1.03. The molecule has 1 radical (unpaired) electrons. The lowest BCUT2D eigenvalue weighted by atomic mass is 10.1. The van der Waals surface area contributed by atoms with Gasteiger partial charge in [-0.2, -0.15) is 0 Å². The first kappa shape index (κ1) is 8.15. The van der Waals surface area contributed by atoms with E-state index in [0.29, 0.717) is 0 Å². The molecule has 3 rings (SSSR count). The van der Waals surface area contributed by atoms with E-state index < -0.39 is 0 Å². The van der Waals surface area contributed by atoms with Crippen molar-refractivity contribution in [2.24, 2.45) is 0 Å². The molecule has 3 heteroatoms. The molecule has 0 unspecified atom stereocenters. The molecule has 0 aliphatic heterocycles. The van der Waals surface area contributed by atoms with Crippen LogP contribution in [0.1, 0.15) is 0 Å². The Morgan fingerprint density at radius 2 is 2.07 bits per heavy atom. The van der Waals surface area contributed by atoms with E-state index in [1.54, 1.807) is 11.3 Å². The topological polar surface area (TPSA) is 12.9 Å². The predicted octanol–water partition coefficient (Wildman–Crippen LogP) is 3.82. The van der Waals surface area contributed by atoms with Gasteiger partial charge in [-0.1, -0.05) is 18.2 Å². The number of thiazole rings is 1. The smallest absolute Gasteiger partial charge is 0.152 e. The first-order valence-corrected chi connectivity index (χ1v) is 5.99. The number of thiophene rings is 1. The van der Waals surface area contributed by atoms with Gasteiger partial charge < -0.3 is 0 Å². The van der Waals surface area contributed by atoms with Crippen LogP contribution >= 0.6 is 22.7 Å². The Labute approximate surface area is 89.7 Å². The summed E-state index contributed by atoms with van der Waals surface area (Å²) in [6.07, 6.45) is 0. The van der Waals surface area contributed by atoms with Crippen molar-refractivity contribution in [3.8, 4) is 11.3 Å². The van der Waals surface area contributed by atoms with Gasteiger partial charge in [-0.05, 0) is 6.07 Å². The Kier molecular flexibility index (Phi) is 1.85. The zero-order valence-corrected chi connectivity index (χ0v) is 8.86. The third kappa shape index (κ3) is 1.17. The van der Waals surface area contributed by atoms with Crippen LogP contribution in [0.5, 0.6) is 0 Å². The zero-order chi connectivity index (χ0) is 9.38. The molecule has 0 amide bonds. The summed E-state index contributed by atoms with van der Waals surface area (Å²) < 4.78 is 1.32. The summed E-state index contributed by atoms with van der Waals surface area (Å²) in [6, 6.07) is 8.41. The summed E-state index contributed by atoms with van der Waals surface area (Å²) in [4.78, 5) is 4.21. The maximum atomic E-state index is 4.21. The molecule has 2 heterocycles. The molecule has 1 aromatic carbocycles. The Morgan fingerprint density at radius 3 is 2.93 bits per heavy atom. The SMILES string of the molecule is [c]1nc(-c2csc3ccccc23)cs1. The van der Waals surface area contributed by atoms with E-state index in [0.717, 1.165) is 5.69 Å². The second-order valence-corrected chi connectivity index (χ2v) is 4.53. The Balaban J connectivity index is 2.33. The molecule has 3 aromatic rings. The van der Waals surface area contributed by atoms with E-state index >= 15 is 0 Å². The number of hydrogen-bond donors (Lipinski definition) is 0. The summed E-state index contributed by atoms with van der Waals surface area (Å²) in [5.41, 5.74) is 5.14. The van der Waals surface area contributed by atoms with Crippen LogP contribution < -0.4 is 0 Å². The van der Waals surface area contributed by atoms with Crippen LogP contribution in [0.2, 0.25) is 0 Å². The van der Waals surface area contributed by atoms with Crippen molar-refractivity contribution in [3.05, 3.63) is 40.5 Å². The third-order valence-electron chi connectivity index (χ3n) is 2.15. The molecule has 0 fully saturated rings.